The summed E-state index contributed by atoms with van der Waals surface area (Å²) < 4.78 is 0. The predicted molar refractivity (Wildman–Crippen MR) is 71.5 cm³/mol. The second kappa shape index (κ2) is 4.77. The zero-order valence-electron chi connectivity index (χ0n) is 10.9. The Labute approximate surface area is 107 Å². The second-order valence-corrected chi connectivity index (χ2v) is 5.16. The topological polar surface area (TPSA) is 38.7 Å². The van der Waals surface area contributed by atoms with E-state index in [2.05, 4.69) is 5.16 Å². The molecule has 3 heteroatoms. The first-order valence-corrected chi connectivity index (χ1v) is 5.98. The van der Waals surface area contributed by atoms with Gasteiger partial charge in [0.25, 0.3) is 0 Å². The van der Waals surface area contributed by atoms with Crippen LogP contribution in [0.1, 0.15) is 26.3 Å². The lowest BCUT2D eigenvalue weighted by Gasteiger charge is -2.30. The van der Waals surface area contributed by atoms with E-state index in [0.29, 0.717) is 0 Å². The number of aldehydes is 1. The van der Waals surface area contributed by atoms with Crippen molar-refractivity contribution in [1.82, 2.24) is 0 Å². The third-order valence-electron chi connectivity index (χ3n) is 3.08. The van der Waals surface area contributed by atoms with E-state index < -0.39 is 5.41 Å². The largest absolute Gasteiger partial charge is 0.386 e. The molecule has 1 heterocycles. The lowest BCUT2D eigenvalue weighted by atomic mass is 9.83. The highest BCUT2D eigenvalue weighted by atomic mass is 16.6. The Morgan fingerprint density at radius 3 is 2.50 bits per heavy atom. The Kier molecular flexibility index (Phi) is 3.32. The fraction of sp³-hybridized carbons (Fsp3) is 0.333. The molecule has 0 spiro atoms. The Morgan fingerprint density at radius 1 is 1.28 bits per heavy atom. The van der Waals surface area contributed by atoms with Gasteiger partial charge in [0.05, 0.1) is 5.41 Å². The van der Waals surface area contributed by atoms with Crippen molar-refractivity contribution in [2.24, 2.45) is 10.6 Å². The van der Waals surface area contributed by atoms with Gasteiger partial charge in [-0.1, -0.05) is 35.5 Å². The van der Waals surface area contributed by atoms with Crippen molar-refractivity contribution in [3.05, 3.63) is 47.5 Å². The van der Waals surface area contributed by atoms with Crippen LogP contribution in [0.15, 0.2) is 47.1 Å². The summed E-state index contributed by atoms with van der Waals surface area (Å²) in [6.45, 7) is 5.67. The fourth-order valence-electron chi connectivity index (χ4n) is 2.04. The number of rotatable bonds is 3. The van der Waals surface area contributed by atoms with E-state index >= 15 is 0 Å². The van der Waals surface area contributed by atoms with Crippen LogP contribution in [0.5, 0.6) is 0 Å². The third-order valence-corrected chi connectivity index (χ3v) is 3.08. The summed E-state index contributed by atoms with van der Waals surface area (Å²) in [5.41, 5.74) is 2.26. The highest BCUT2D eigenvalue weighted by Crippen LogP contribution is 2.29. The van der Waals surface area contributed by atoms with Crippen LogP contribution in [0, 0.1) is 5.41 Å². The summed E-state index contributed by atoms with van der Waals surface area (Å²) in [4.78, 5) is 16.6. The van der Waals surface area contributed by atoms with Crippen LogP contribution >= 0.6 is 0 Å². The monoisotopic (exact) mass is 243 g/mol. The molecule has 0 radical (unpaired) electrons. The van der Waals surface area contributed by atoms with Crippen molar-refractivity contribution >= 4 is 12.0 Å². The lowest BCUT2D eigenvalue weighted by molar-refractivity contribution is -0.121. The van der Waals surface area contributed by atoms with Crippen molar-refractivity contribution in [2.45, 2.75) is 26.9 Å². The van der Waals surface area contributed by atoms with E-state index in [9.17, 15) is 4.79 Å². The van der Waals surface area contributed by atoms with Crippen LogP contribution in [0.3, 0.4) is 0 Å². The quantitative estimate of drug-likeness (QED) is 0.765. The molecule has 0 aliphatic carbocycles. The molecule has 0 bridgehead atoms. The summed E-state index contributed by atoms with van der Waals surface area (Å²) >= 11 is 0. The van der Waals surface area contributed by atoms with Crippen molar-refractivity contribution in [3.8, 4) is 0 Å². The number of carbonyl (C=O) groups is 1. The Bertz CT molecular complexity index is 500. The van der Waals surface area contributed by atoms with Gasteiger partial charge < -0.3 is 9.63 Å². The molecule has 94 valence electrons. The van der Waals surface area contributed by atoms with Crippen LogP contribution < -0.4 is 0 Å². The van der Waals surface area contributed by atoms with Crippen LogP contribution in [-0.4, -0.2) is 18.1 Å². The van der Waals surface area contributed by atoms with Gasteiger partial charge in [0.2, 0.25) is 0 Å². The van der Waals surface area contributed by atoms with Gasteiger partial charge in [-0.15, -0.1) is 0 Å². The highest BCUT2D eigenvalue weighted by molar-refractivity contribution is 6.09. The van der Waals surface area contributed by atoms with E-state index in [-0.39, 0.29) is 6.10 Å². The first-order chi connectivity index (χ1) is 8.54. The molecule has 0 saturated carbocycles. The molecule has 0 aromatic heterocycles. The molecule has 1 atom stereocenters. The molecular formula is C15H17NO2. The Hall–Kier alpha value is -1.90. The van der Waals surface area contributed by atoms with Crippen molar-refractivity contribution in [1.29, 1.82) is 0 Å². The van der Waals surface area contributed by atoms with Gasteiger partial charge in [0.1, 0.15) is 12.0 Å². The summed E-state index contributed by atoms with van der Waals surface area (Å²) in [7, 11) is 0. The van der Waals surface area contributed by atoms with Gasteiger partial charge in [-0.2, -0.15) is 0 Å². The molecule has 1 aliphatic rings. The van der Waals surface area contributed by atoms with Gasteiger partial charge in [0, 0.05) is 5.56 Å². The van der Waals surface area contributed by atoms with E-state index in [1.54, 1.807) is 0 Å². The maximum Gasteiger partial charge on any atom is 0.160 e. The molecule has 18 heavy (non-hydrogen) atoms. The molecular weight excluding hydrogens is 226 g/mol. The summed E-state index contributed by atoms with van der Waals surface area (Å²) in [5, 5.41) is 4.13. The SMILES string of the molecule is CC1=CC(c2ccccc2)=NOC1C(C)(C)C=O. The van der Waals surface area contributed by atoms with Gasteiger partial charge in [-0.25, -0.2) is 0 Å². The van der Waals surface area contributed by atoms with Gasteiger partial charge in [0.15, 0.2) is 6.10 Å². The van der Waals surface area contributed by atoms with Crippen LogP contribution in [0.25, 0.3) is 0 Å². The molecule has 1 aromatic rings. The zero-order valence-corrected chi connectivity index (χ0v) is 10.9. The van der Waals surface area contributed by atoms with E-state index in [4.69, 9.17) is 4.84 Å². The molecule has 1 unspecified atom stereocenters. The van der Waals surface area contributed by atoms with E-state index in [0.717, 1.165) is 23.1 Å². The average molecular weight is 243 g/mol. The normalized spacial score (nSPS) is 19.6. The maximum absolute atomic E-state index is 11.1. The molecule has 2 rings (SSSR count). The molecule has 0 saturated heterocycles. The predicted octanol–water partition coefficient (Wildman–Crippen LogP) is 2.96. The minimum atomic E-state index is -0.563. The first kappa shape index (κ1) is 12.6. The van der Waals surface area contributed by atoms with E-state index in [1.165, 1.54) is 0 Å². The number of benzene rings is 1. The number of nitrogens with zero attached hydrogens (tertiary/aromatic N) is 1. The number of hydrogen-bond donors (Lipinski definition) is 0. The number of allylic oxidation sites excluding steroid dienone is 1. The summed E-state index contributed by atoms with van der Waals surface area (Å²) in [6, 6.07) is 9.85. The van der Waals surface area contributed by atoms with Gasteiger partial charge in [-0.3, -0.25) is 0 Å². The molecule has 0 amide bonds. The lowest BCUT2D eigenvalue weighted by Crippen LogP contribution is -2.35. The Morgan fingerprint density at radius 2 is 1.94 bits per heavy atom. The standard InChI is InChI=1S/C15H17NO2/c1-11-9-13(12-7-5-4-6-8-12)16-18-14(11)15(2,3)10-17/h4-10,14H,1-3H3. The van der Waals surface area contributed by atoms with E-state index in [1.807, 2.05) is 57.2 Å². The van der Waals surface area contributed by atoms with Crippen molar-refractivity contribution in [3.63, 3.8) is 0 Å². The first-order valence-electron chi connectivity index (χ1n) is 5.98. The minimum Gasteiger partial charge on any atom is -0.386 e. The number of hydrogen-bond acceptors (Lipinski definition) is 3. The molecule has 0 N–H and O–H groups in total. The molecule has 1 aliphatic heterocycles. The van der Waals surface area contributed by atoms with Crippen LogP contribution in [0.4, 0.5) is 0 Å². The highest BCUT2D eigenvalue weighted by Gasteiger charge is 2.34. The summed E-state index contributed by atoms with van der Waals surface area (Å²) in [5.74, 6) is 0. The van der Waals surface area contributed by atoms with Crippen molar-refractivity contribution < 1.29 is 9.63 Å². The smallest absolute Gasteiger partial charge is 0.160 e. The average Bonchev–Trinajstić information content (AvgIpc) is 2.39. The third kappa shape index (κ3) is 2.35. The Balaban J connectivity index is 2.26. The number of oxime groups is 1. The maximum atomic E-state index is 11.1. The second-order valence-electron chi connectivity index (χ2n) is 5.16. The summed E-state index contributed by atoms with van der Waals surface area (Å²) in [6.07, 6.45) is 2.61. The molecule has 1 aromatic carbocycles. The molecule has 3 nitrogen and oxygen atoms in total. The zero-order chi connectivity index (χ0) is 13.2. The van der Waals surface area contributed by atoms with Crippen molar-refractivity contribution in [2.75, 3.05) is 0 Å². The number of carbonyl (C=O) groups excluding carboxylic acids is 1. The van der Waals surface area contributed by atoms with Crippen LogP contribution in [-0.2, 0) is 9.63 Å². The van der Waals surface area contributed by atoms with Gasteiger partial charge >= 0.3 is 0 Å². The fourth-order valence-corrected chi connectivity index (χ4v) is 2.04. The van der Waals surface area contributed by atoms with Gasteiger partial charge in [-0.05, 0) is 32.4 Å². The molecule has 0 fully saturated rings. The minimum absolute atomic E-state index is 0.289. The van der Waals surface area contributed by atoms with Crippen LogP contribution in [0.2, 0.25) is 0 Å².